The predicted molar refractivity (Wildman–Crippen MR) is 89.0 cm³/mol. The van der Waals surface area contributed by atoms with Gasteiger partial charge in [0.2, 0.25) is 0 Å². The highest BCUT2D eigenvalue weighted by Gasteiger charge is 2.08. The summed E-state index contributed by atoms with van der Waals surface area (Å²) in [4.78, 5) is 13.0. The molecule has 22 heavy (non-hydrogen) atoms. The molecular weight excluding hydrogens is 300 g/mol. The lowest BCUT2D eigenvalue weighted by Gasteiger charge is -2.13. The van der Waals surface area contributed by atoms with Gasteiger partial charge in [0.25, 0.3) is 0 Å². The summed E-state index contributed by atoms with van der Waals surface area (Å²) in [6.07, 6.45) is 0. The third kappa shape index (κ3) is 4.66. The molecule has 1 aromatic heterocycles. The summed E-state index contributed by atoms with van der Waals surface area (Å²) in [6.45, 7) is 5.44. The molecule has 0 aliphatic heterocycles. The first-order valence-corrected chi connectivity index (χ1v) is 8.07. The standard InChI is InChI=1S/C16H20N2O3S/c1-3-20-14-8-7-12(10-15(14)21-4-2)18-16(19)17-11-13-6-5-9-22-13/h5-10H,3-4,11H2,1-2H3,(H2,17,18,19). The summed E-state index contributed by atoms with van der Waals surface area (Å²) in [7, 11) is 0. The molecule has 0 unspecified atom stereocenters. The predicted octanol–water partition coefficient (Wildman–Crippen LogP) is 3.87. The summed E-state index contributed by atoms with van der Waals surface area (Å²) in [5.41, 5.74) is 0.663. The van der Waals surface area contributed by atoms with Gasteiger partial charge in [0.1, 0.15) is 0 Å². The Hall–Kier alpha value is -2.21. The van der Waals surface area contributed by atoms with Crippen molar-refractivity contribution in [2.75, 3.05) is 18.5 Å². The van der Waals surface area contributed by atoms with Gasteiger partial charge in [-0.25, -0.2) is 4.79 Å². The molecule has 0 saturated carbocycles. The first-order valence-electron chi connectivity index (χ1n) is 7.19. The number of carbonyl (C=O) groups is 1. The maximum absolute atomic E-state index is 11.9. The molecule has 1 heterocycles. The molecule has 0 spiro atoms. The SMILES string of the molecule is CCOc1ccc(NC(=O)NCc2cccs2)cc1OCC. The smallest absolute Gasteiger partial charge is 0.319 e. The van der Waals surface area contributed by atoms with Crippen LogP contribution in [-0.2, 0) is 6.54 Å². The van der Waals surface area contributed by atoms with Crippen LogP contribution in [0.3, 0.4) is 0 Å². The van der Waals surface area contributed by atoms with Crippen molar-refractivity contribution in [3.63, 3.8) is 0 Å². The van der Waals surface area contributed by atoms with Crippen LogP contribution >= 0.6 is 11.3 Å². The lowest BCUT2D eigenvalue weighted by atomic mass is 10.2. The highest BCUT2D eigenvalue weighted by Crippen LogP contribution is 2.30. The van der Waals surface area contributed by atoms with E-state index in [4.69, 9.17) is 9.47 Å². The lowest BCUT2D eigenvalue weighted by molar-refractivity contribution is 0.252. The van der Waals surface area contributed by atoms with Gasteiger partial charge in [-0.3, -0.25) is 0 Å². The van der Waals surface area contributed by atoms with E-state index >= 15 is 0 Å². The zero-order valence-corrected chi connectivity index (χ0v) is 13.5. The zero-order chi connectivity index (χ0) is 15.8. The number of rotatable bonds is 7. The Morgan fingerprint density at radius 1 is 1.14 bits per heavy atom. The molecule has 0 aliphatic rings. The van der Waals surface area contributed by atoms with E-state index in [0.717, 1.165) is 4.88 Å². The van der Waals surface area contributed by atoms with Gasteiger partial charge < -0.3 is 20.1 Å². The Morgan fingerprint density at radius 2 is 1.91 bits per heavy atom. The fourth-order valence-electron chi connectivity index (χ4n) is 1.88. The van der Waals surface area contributed by atoms with Gasteiger partial charge >= 0.3 is 6.03 Å². The van der Waals surface area contributed by atoms with Gasteiger partial charge in [0.15, 0.2) is 11.5 Å². The largest absolute Gasteiger partial charge is 0.490 e. The highest BCUT2D eigenvalue weighted by atomic mass is 32.1. The monoisotopic (exact) mass is 320 g/mol. The molecule has 0 radical (unpaired) electrons. The van der Waals surface area contributed by atoms with Gasteiger partial charge in [-0.05, 0) is 37.4 Å². The van der Waals surface area contributed by atoms with Crippen LogP contribution in [0.25, 0.3) is 0 Å². The molecule has 6 heteroatoms. The third-order valence-corrected chi connectivity index (χ3v) is 3.68. The summed E-state index contributed by atoms with van der Waals surface area (Å²) in [5, 5.41) is 7.59. The van der Waals surface area contributed by atoms with Crippen LogP contribution in [-0.4, -0.2) is 19.2 Å². The molecule has 0 saturated heterocycles. The third-order valence-electron chi connectivity index (χ3n) is 2.80. The van der Waals surface area contributed by atoms with Crippen molar-refractivity contribution in [2.45, 2.75) is 20.4 Å². The maximum Gasteiger partial charge on any atom is 0.319 e. The Balaban J connectivity index is 1.96. The number of ether oxygens (including phenoxy) is 2. The van der Waals surface area contributed by atoms with Crippen molar-refractivity contribution in [1.29, 1.82) is 0 Å². The fourth-order valence-corrected chi connectivity index (χ4v) is 2.53. The van der Waals surface area contributed by atoms with Crippen LogP contribution in [0.4, 0.5) is 10.5 Å². The van der Waals surface area contributed by atoms with Crippen LogP contribution < -0.4 is 20.1 Å². The normalized spacial score (nSPS) is 10.1. The van der Waals surface area contributed by atoms with Crippen LogP contribution in [0.15, 0.2) is 35.7 Å². The zero-order valence-electron chi connectivity index (χ0n) is 12.7. The van der Waals surface area contributed by atoms with Crippen molar-refractivity contribution in [3.05, 3.63) is 40.6 Å². The second-order valence-electron chi connectivity index (χ2n) is 4.41. The molecule has 2 amide bonds. The molecule has 2 aromatic rings. The van der Waals surface area contributed by atoms with Crippen molar-refractivity contribution >= 4 is 23.1 Å². The molecule has 5 nitrogen and oxygen atoms in total. The average Bonchev–Trinajstić information content (AvgIpc) is 3.02. The van der Waals surface area contributed by atoms with E-state index in [2.05, 4.69) is 10.6 Å². The van der Waals surface area contributed by atoms with Gasteiger partial charge in [-0.1, -0.05) is 6.07 Å². The Labute approximate surface area is 134 Å². The highest BCUT2D eigenvalue weighted by molar-refractivity contribution is 7.09. The molecule has 0 fully saturated rings. The lowest BCUT2D eigenvalue weighted by Crippen LogP contribution is -2.27. The molecular formula is C16H20N2O3S. The van der Waals surface area contributed by atoms with E-state index in [1.165, 1.54) is 0 Å². The number of anilines is 1. The number of nitrogens with one attached hydrogen (secondary N) is 2. The van der Waals surface area contributed by atoms with E-state index in [-0.39, 0.29) is 6.03 Å². The van der Waals surface area contributed by atoms with E-state index in [9.17, 15) is 4.79 Å². The molecule has 0 aliphatic carbocycles. The van der Waals surface area contributed by atoms with Crippen LogP contribution in [0.5, 0.6) is 11.5 Å². The Bertz CT molecular complexity index is 599. The molecule has 0 bridgehead atoms. The fraction of sp³-hybridized carbons (Fsp3) is 0.312. The van der Waals surface area contributed by atoms with Crippen molar-refractivity contribution in [3.8, 4) is 11.5 Å². The maximum atomic E-state index is 11.9. The van der Waals surface area contributed by atoms with Gasteiger partial charge in [0.05, 0.1) is 19.8 Å². The second kappa shape index (κ2) is 8.29. The minimum atomic E-state index is -0.250. The summed E-state index contributed by atoms with van der Waals surface area (Å²) in [5.74, 6) is 1.30. The summed E-state index contributed by atoms with van der Waals surface area (Å²) < 4.78 is 11.0. The quantitative estimate of drug-likeness (QED) is 0.814. The topological polar surface area (TPSA) is 59.6 Å². The number of hydrogen-bond donors (Lipinski definition) is 2. The average molecular weight is 320 g/mol. The first-order chi connectivity index (χ1) is 10.7. The number of hydrogen-bond acceptors (Lipinski definition) is 4. The van der Waals surface area contributed by atoms with E-state index < -0.39 is 0 Å². The minimum Gasteiger partial charge on any atom is -0.490 e. The van der Waals surface area contributed by atoms with Crippen LogP contribution in [0.1, 0.15) is 18.7 Å². The Morgan fingerprint density at radius 3 is 2.59 bits per heavy atom. The van der Waals surface area contributed by atoms with Crippen molar-refractivity contribution in [1.82, 2.24) is 5.32 Å². The van der Waals surface area contributed by atoms with Gasteiger partial charge in [0, 0.05) is 16.6 Å². The van der Waals surface area contributed by atoms with E-state index in [1.54, 1.807) is 29.5 Å². The molecule has 0 atom stereocenters. The van der Waals surface area contributed by atoms with Crippen molar-refractivity contribution in [2.24, 2.45) is 0 Å². The number of carbonyl (C=O) groups excluding carboxylic acids is 1. The summed E-state index contributed by atoms with van der Waals surface area (Å²) >= 11 is 1.61. The first kappa shape index (κ1) is 16.2. The van der Waals surface area contributed by atoms with Gasteiger partial charge in [-0.15, -0.1) is 11.3 Å². The number of amides is 2. The number of urea groups is 1. The second-order valence-corrected chi connectivity index (χ2v) is 5.45. The van der Waals surface area contributed by atoms with E-state index in [0.29, 0.717) is 36.9 Å². The summed E-state index contributed by atoms with van der Waals surface area (Å²) in [6, 6.07) is 9.04. The Kier molecular flexibility index (Phi) is 6.09. The van der Waals surface area contributed by atoms with Crippen LogP contribution in [0.2, 0.25) is 0 Å². The minimum absolute atomic E-state index is 0.250. The molecule has 1 aromatic carbocycles. The van der Waals surface area contributed by atoms with Crippen LogP contribution in [0, 0.1) is 0 Å². The van der Waals surface area contributed by atoms with E-state index in [1.807, 2.05) is 31.4 Å². The number of benzene rings is 1. The molecule has 118 valence electrons. The molecule has 2 N–H and O–H groups in total. The van der Waals surface area contributed by atoms with Gasteiger partial charge in [-0.2, -0.15) is 0 Å². The molecule has 2 rings (SSSR count). The number of thiophene rings is 1. The van der Waals surface area contributed by atoms with Crippen molar-refractivity contribution < 1.29 is 14.3 Å².